The van der Waals surface area contributed by atoms with Crippen LogP contribution < -0.4 is 20.5 Å². The minimum absolute atomic E-state index is 0.0741. The van der Waals surface area contributed by atoms with E-state index in [2.05, 4.69) is 17.4 Å². The summed E-state index contributed by atoms with van der Waals surface area (Å²) in [5, 5.41) is 3.47. The van der Waals surface area contributed by atoms with Gasteiger partial charge in [0.05, 0.1) is 14.2 Å². The van der Waals surface area contributed by atoms with Crippen molar-refractivity contribution >= 4 is 0 Å². The van der Waals surface area contributed by atoms with E-state index >= 15 is 0 Å². The predicted octanol–water partition coefficient (Wildman–Crippen LogP) is 2.49. The van der Waals surface area contributed by atoms with Gasteiger partial charge in [-0.15, -0.1) is 0 Å². The van der Waals surface area contributed by atoms with E-state index in [4.69, 9.17) is 15.2 Å². The molecule has 1 atom stereocenters. The van der Waals surface area contributed by atoms with Gasteiger partial charge in [-0.1, -0.05) is 36.4 Å². The van der Waals surface area contributed by atoms with E-state index in [1.165, 1.54) is 5.56 Å². The van der Waals surface area contributed by atoms with E-state index in [0.717, 1.165) is 23.6 Å². The molecule has 0 amide bonds. The summed E-state index contributed by atoms with van der Waals surface area (Å²) < 4.78 is 10.6. The maximum absolute atomic E-state index is 5.90. The fraction of sp³-hybridized carbons (Fsp3) is 0.294. The Balaban J connectivity index is 2.10. The van der Waals surface area contributed by atoms with Gasteiger partial charge in [0.25, 0.3) is 0 Å². The largest absolute Gasteiger partial charge is 0.493 e. The van der Waals surface area contributed by atoms with Crippen molar-refractivity contribution < 1.29 is 9.47 Å². The quantitative estimate of drug-likeness (QED) is 0.821. The number of benzene rings is 2. The topological polar surface area (TPSA) is 56.5 Å². The average Bonchev–Trinajstić information content (AvgIpc) is 2.56. The first kappa shape index (κ1) is 15.4. The lowest BCUT2D eigenvalue weighted by Crippen LogP contribution is -2.27. The molecule has 21 heavy (non-hydrogen) atoms. The van der Waals surface area contributed by atoms with Crippen LogP contribution >= 0.6 is 0 Å². The van der Waals surface area contributed by atoms with Crippen LogP contribution in [0.1, 0.15) is 17.2 Å². The van der Waals surface area contributed by atoms with E-state index in [1.54, 1.807) is 14.2 Å². The number of nitrogens with one attached hydrogen (secondary N) is 1. The lowest BCUT2D eigenvalue weighted by atomic mass is 10.1. The first-order valence-electron chi connectivity index (χ1n) is 6.97. The summed E-state index contributed by atoms with van der Waals surface area (Å²) >= 11 is 0. The zero-order valence-corrected chi connectivity index (χ0v) is 12.5. The van der Waals surface area contributed by atoms with Gasteiger partial charge >= 0.3 is 0 Å². The van der Waals surface area contributed by atoms with Gasteiger partial charge in [0.1, 0.15) is 0 Å². The zero-order chi connectivity index (χ0) is 15.1. The second-order valence-electron chi connectivity index (χ2n) is 4.77. The molecule has 2 aromatic carbocycles. The van der Waals surface area contributed by atoms with Gasteiger partial charge in [0, 0.05) is 19.1 Å². The highest BCUT2D eigenvalue weighted by Crippen LogP contribution is 2.29. The van der Waals surface area contributed by atoms with Crippen LogP contribution in [0, 0.1) is 0 Å². The van der Waals surface area contributed by atoms with Gasteiger partial charge in [0.15, 0.2) is 11.5 Å². The van der Waals surface area contributed by atoms with Crippen LogP contribution in [0.5, 0.6) is 11.5 Å². The number of ether oxygens (including phenoxy) is 2. The lowest BCUT2D eigenvalue weighted by Gasteiger charge is -2.19. The molecule has 3 N–H and O–H groups in total. The molecule has 0 heterocycles. The molecule has 0 saturated carbocycles. The SMILES string of the molecule is COc1ccc(C(CN)NCc2ccccc2)cc1OC. The van der Waals surface area contributed by atoms with Crippen molar-refractivity contribution in [3.8, 4) is 11.5 Å². The Morgan fingerprint density at radius 1 is 1.00 bits per heavy atom. The van der Waals surface area contributed by atoms with Crippen LogP contribution in [0.15, 0.2) is 48.5 Å². The molecular weight excluding hydrogens is 264 g/mol. The van der Waals surface area contributed by atoms with Crippen LogP contribution in [-0.4, -0.2) is 20.8 Å². The molecular formula is C17H22N2O2. The van der Waals surface area contributed by atoms with Gasteiger partial charge in [0.2, 0.25) is 0 Å². The van der Waals surface area contributed by atoms with E-state index in [-0.39, 0.29) is 6.04 Å². The van der Waals surface area contributed by atoms with Crippen molar-refractivity contribution in [1.82, 2.24) is 5.32 Å². The number of hydrogen-bond donors (Lipinski definition) is 2. The summed E-state index contributed by atoms with van der Waals surface area (Å²) in [5.74, 6) is 1.44. The number of methoxy groups -OCH3 is 2. The molecule has 0 aliphatic carbocycles. The fourth-order valence-electron chi connectivity index (χ4n) is 2.24. The first-order valence-corrected chi connectivity index (χ1v) is 6.97. The van der Waals surface area contributed by atoms with Gasteiger partial charge < -0.3 is 20.5 Å². The van der Waals surface area contributed by atoms with E-state index in [0.29, 0.717) is 6.54 Å². The van der Waals surface area contributed by atoms with E-state index in [9.17, 15) is 0 Å². The van der Waals surface area contributed by atoms with Crippen LogP contribution in [0.4, 0.5) is 0 Å². The second kappa shape index (κ2) is 7.67. The molecule has 4 heteroatoms. The van der Waals surface area contributed by atoms with Gasteiger partial charge in [-0.25, -0.2) is 0 Å². The Bertz CT molecular complexity index is 558. The minimum atomic E-state index is 0.0741. The van der Waals surface area contributed by atoms with Crippen LogP contribution in [0.25, 0.3) is 0 Å². The maximum atomic E-state index is 5.90. The minimum Gasteiger partial charge on any atom is -0.493 e. The molecule has 2 rings (SSSR count). The lowest BCUT2D eigenvalue weighted by molar-refractivity contribution is 0.354. The van der Waals surface area contributed by atoms with Crippen LogP contribution in [0.3, 0.4) is 0 Å². The third-order valence-electron chi connectivity index (χ3n) is 3.44. The molecule has 0 fully saturated rings. The summed E-state index contributed by atoms with van der Waals surface area (Å²) in [6.45, 7) is 1.29. The molecule has 0 radical (unpaired) electrons. The van der Waals surface area contributed by atoms with E-state index < -0.39 is 0 Å². The molecule has 2 aromatic rings. The van der Waals surface area contributed by atoms with Crippen molar-refractivity contribution in [1.29, 1.82) is 0 Å². The predicted molar refractivity (Wildman–Crippen MR) is 84.6 cm³/mol. The number of nitrogens with two attached hydrogens (primary N) is 1. The molecule has 0 aliphatic rings. The molecule has 4 nitrogen and oxygen atoms in total. The van der Waals surface area contributed by atoms with Gasteiger partial charge in [-0.2, -0.15) is 0 Å². The van der Waals surface area contributed by atoms with Crippen LogP contribution in [-0.2, 0) is 6.54 Å². The first-order chi connectivity index (χ1) is 10.3. The molecule has 1 unspecified atom stereocenters. The van der Waals surface area contributed by atoms with Gasteiger partial charge in [-0.3, -0.25) is 0 Å². The molecule has 0 bridgehead atoms. The summed E-state index contributed by atoms with van der Waals surface area (Å²) in [4.78, 5) is 0. The number of rotatable bonds is 7. The summed E-state index contributed by atoms with van der Waals surface area (Å²) in [7, 11) is 3.27. The van der Waals surface area contributed by atoms with Gasteiger partial charge in [-0.05, 0) is 23.3 Å². The van der Waals surface area contributed by atoms with Crippen molar-refractivity contribution in [3.63, 3.8) is 0 Å². The van der Waals surface area contributed by atoms with Crippen molar-refractivity contribution in [2.45, 2.75) is 12.6 Å². The Kier molecular flexibility index (Phi) is 5.60. The Labute approximate surface area is 125 Å². The third-order valence-corrected chi connectivity index (χ3v) is 3.44. The monoisotopic (exact) mass is 286 g/mol. The molecule has 112 valence electrons. The molecule has 0 aliphatic heterocycles. The standard InChI is InChI=1S/C17H22N2O2/c1-20-16-9-8-14(10-17(16)21-2)15(11-18)19-12-13-6-4-3-5-7-13/h3-10,15,19H,11-12,18H2,1-2H3. The molecule has 0 aromatic heterocycles. The Morgan fingerprint density at radius 2 is 1.71 bits per heavy atom. The third kappa shape index (κ3) is 3.97. The number of hydrogen-bond acceptors (Lipinski definition) is 4. The zero-order valence-electron chi connectivity index (χ0n) is 12.5. The fourth-order valence-corrected chi connectivity index (χ4v) is 2.24. The Hall–Kier alpha value is -2.04. The van der Waals surface area contributed by atoms with Crippen molar-refractivity contribution in [2.75, 3.05) is 20.8 Å². The van der Waals surface area contributed by atoms with Crippen molar-refractivity contribution in [3.05, 3.63) is 59.7 Å². The highest BCUT2D eigenvalue weighted by molar-refractivity contribution is 5.43. The highest BCUT2D eigenvalue weighted by Gasteiger charge is 2.12. The summed E-state index contributed by atoms with van der Waals surface area (Å²) in [6, 6.07) is 16.2. The van der Waals surface area contributed by atoms with Crippen LogP contribution in [0.2, 0.25) is 0 Å². The highest BCUT2D eigenvalue weighted by atomic mass is 16.5. The maximum Gasteiger partial charge on any atom is 0.161 e. The molecule has 0 saturated heterocycles. The Morgan fingerprint density at radius 3 is 2.33 bits per heavy atom. The van der Waals surface area contributed by atoms with E-state index in [1.807, 2.05) is 36.4 Å². The second-order valence-corrected chi connectivity index (χ2v) is 4.77. The molecule has 0 spiro atoms. The summed E-state index contributed by atoms with van der Waals surface area (Å²) in [5.41, 5.74) is 8.22. The normalized spacial score (nSPS) is 12.0. The smallest absolute Gasteiger partial charge is 0.161 e. The summed E-state index contributed by atoms with van der Waals surface area (Å²) in [6.07, 6.45) is 0. The van der Waals surface area contributed by atoms with Crippen molar-refractivity contribution in [2.24, 2.45) is 5.73 Å². The average molecular weight is 286 g/mol.